The fourth-order valence-corrected chi connectivity index (χ4v) is 3.37. The third-order valence-corrected chi connectivity index (χ3v) is 4.96. The van der Waals surface area contributed by atoms with Gasteiger partial charge < -0.3 is 19.9 Å². The Balaban J connectivity index is 1.92. The Kier molecular flexibility index (Phi) is 5.70. The molecule has 0 aromatic heterocycles. The van der Waals surface area contributed by atoms with Crippen molar-refractivity contribution in [2.45, 2.75) is 6.92 Å². The third-order valence-electron chi connectivity index (χ3n) is 4.05. The van der Waals surface area contributed by atoms with Crippen LogP contribution in [0.5, 0.6) is 11.5 Å². The van der Waals surface area contributed by atoms with E-state index in [1.807, 2.05) is 6.92 Å². The molecule has 3 rings (SSSR count). The van der Waals surface area contributed by atoms with Gasteiger partial charge in [-0.25, -0.2) is 9.79 Å². The number of aromatic carboxylic acids is 1. The number of carboxylic acid groups (broad SMARTS) is 1. The van der Waals surface area contributed by atoms with Gasteiger partial charge in [0.05, 0.1) is 30.4 Å². The second-order valence-corrected chi connectivity index (χ2v) is 6.93. The zero-order valence-electron chi connectivity index (χ0n) is 15.5. The number of carboxylic acids is 1. The van der Waals surface area contributed by atoms with E-state index in [2.05, 4.69) is 10.3 Å². The summed E-state index contributed by atoms with van der Waals surface area (Å²) in [7, 11) is 3.12. The quantitative estimate of drug-likeness (QED) is 0.747. The minimum Gasteiger partial charge on any atom is -0.497 e. The van der Waals surface area contributed by atoms with E-state index < -0.39 is 5.97 Å². The van der Waals surface area contributed by atoms with E-state index in [0.29, 0.717) is 32.8 Å². The van der Waals surface area contributed by atoms with Gasteiger partial charge in [-0.05, 0) is 60.7 Å². The van der Waals surface area contributed by atoms with E-state index in [-0.39, 0.29) is 11.5 Å². The molecule has 2 N–H and O–H groups in total. The van der Waals surface area contributed by atoms with Crippen molar-refractivity contribution < 1.29 is 24.2 Å². The maximum Gasteiger partial charge on any atom is 0.335 e. The van der Waals surface area contributed by atoms with Crippen molar-refractivity contribution in [3.05, 3.63) is 58.0 Å². The topological polar surface area (TPSA) is 97.2 Å². The first-order valence-electron chi connectivity index (χ1n) is 8.27. The number of thioether (sulfide) groups is 1. The summed E-state index contributed by atoms with van der Waals surface area (Å²) >= 11 is 1.17. The molecule has 0 spiro atoms. The highest BCUT2D eigenvalue weighted by Gasteiger charge is 2.24. The first-order valence-corrected chi connectivity index (χ1v) is 9.08. The predicted molar refractivity (Wildman–Crippen MR) is 108 cm³/mol. The maximum atomic E-state index is 12.3. The summed E-state index contributed by atoms with van der Waals surface area (Å²) in [6, 6.07) is 9.98. The molecule has 1 aliphatic rings. The van der Waals surface area contributed by atoms with Crippen LogP contribution in [0.2, 0.25) is 0 Å². The van der Waals surface area contributed by atoms with Crippen LogP contribution in [0.3, 0.4) is 0 Å². The third kappa shape index (κ3) is 4.17. The lowest BCUT2D eigenvalue weighted by Crippen LogP contribution is -2.19. The number of carbonyl (C=O) groups excluding carboxylic acids is 1. The molecule has 0 bridgehead atoms. The highest BCUT2D eigenvalue weighted by atomic mass is 32.2. The SMILES string of the molecule is COc1ccc(OC)c(C=C2SC(=Nc3cc(C(=O)O)ccc3C)NC2=O)c1. The second kappa shape index (κ2) is 8.18. The van der Waals surface area contributed by atoms with Gasteiger partial charge in [0.2, 0.25) is 0 Å². The molecule has 28 heavy (non-hydrogen) atoms. The number of rotatable bonds is 5. The summed E-state index contributed by atoms with van der Waals surface area (Å²) in [5.41, 5.74) is 2.13. The van der Waals surface area contributed by atoms with Crippen molar-refractivity contribution in [1.29, 1.82) is 0 Å². The average Bonchev–Trinajstić information content (AvgIpc) is 3.02. The van der Waals surface area contributed by atoms with Crippen LogP contribution in [-0.2, 0) is 4.79 Å². The zero-order valence-corrected chi connectivity index (χ0v) is 16.3. The highest BCUT2D eigenvalue weighted by Crippen LogP contribution is 2.33. The fourth-order valence-electron chi connectivity index (χ4n) is 2.55. The van der Waals surface area contributed by atoms with Gasteiger partial charge in [-0.15, -0.1) is 0 Å². The van der Waals surface area contributed by atoms with E-state index >= 15 is 0 Å². The molecule has 0 atom stereocenters. The molecule has 1 heterocycles. The second-order valence-electron chi connectivity index (χ2n) is 5.90. The van der Waals surface area contributed by atoms with Crippen molar-refractivity contribution in [3.63, 3.8) is 0 Å². The molecule has 0 saturated carbocycles. The van der Waals surface area contributed by atoms with Crippen LogP contribution in [0, 0.1) is 6.92 Å². The molecule has 2 aromatic rings. The first-order chi connectivity index (χ1) is 13.4. The number of aliphatic imine (C=N–C) groups is 1. The minimum atomic E-state index is -1.03. The molecule has 1 fully saturated rings. The number of ether oxygens (including phenoxy) is 2. The van der Waals surface area contributed by atoms with Crippen molar-refractivity contribution in [3.8, 4) is 11.5 Å². The normalized spacial score (nSPS) is 16.3. The van der Waals surface area contributed by atoms with Crippen molar-refractivity contribution in [2.75, 3.05) is 14.2 Å². The summed E-state index contributed by atoms with van der Waals surface area (Å²) in [4.78, 5) is 28.4. The predicted octanol–water partition coefficient (Wildman–Crippen LogP) is 3.60. The van der Waals surface area contributed by atoms with E-state index in [4.69, 9.17) is 14.6 Å². The molecule has 1 saturated heterocycles. The summed E-state index contributed by atoms with van der Waals surface area (Å²) < 4.78 is 10.6. The van der Waals surface area contributed by atoms with Crippen molar-refractivity contribution in [2.24, 2.45) is 4.99 Å². The van der Waals surface area contributed by atoms with E-state index in [1.165, 1.54) is 23.9 Å². The standard InChI is InChI=1S/C20H18N2O5S/c1-11-4-5-12(19(24)25)9-15(11)21-20-22-18(23)17(28-20)10-13-8-14(26-2)6-7-16(13)27-3/h4-10H,1-3H3,(H,24,25)(H,21,22,23). The van der Waals surface area contributed by atoms with E-state index in [9.17, 15) is 9.59 Å². The minimum absolute atomic E-state index is 0.135. The van der Waals surface area contributed by atoms with Gasteiger partial charge in [0.1, 0.15) is 11.5 Å². The number of hydrogen-bond donors (Lipinski definition) is 2. The molecule has 1 aliphatic heterocycles. The molecule has 1 amide bonds. The van der Waals surface area contributed by atoms with Crippen LogP contribution in [0.15, 0.2) is 46.3 Å². The maximum absolute atomic E-state index is 12.3. The summed E-state index contributed by atoms with van der Waals surface area (Å²) in [5.74, 6) is -0.0703. The van der Waals surface area contributed by atoms with Gasteiger partial charge >= 0.3 is 5.97 Å². The van der Waals surface area contributed by atoms with E-state index in [0.717, 1.165) is 5.56 Å². The molecule has 0 aliphatic carbocycles. The van der Waals surface area contributed by atoms with Gasteiger partial charge in [-0.3, -0.25) is 4.79 Å². The number of hydrogen-bond acceptors (Lipinski definition) is 6. The fraction of sp³-hybridized carbons (Fsp3) is 0.150. The van der Waals surface area contributed by atoms with Gasteiger partial charge in [0, 0.05) is 5.56 Å². The number of nitrogens with zero attached hydrogens (tertiary/aromatic N) is 1. The van der Waals surface area contributed by atoms with Gasteiger partial charge in [-0.2, -0.15) is 0 Å². The molecular formula is C20H18N2O5S. The Morgan fingerprint density at radius 2 is 1.96 bits per heavy atom. The smallest absolute Gasteiger partial charge is 0.335 e. The summed E-state index contributed by atoms with van der Waals surface area (Å²) in [6.45, 7) is 1.82. The number of carbonyl (C=O) groups is 2. The van der Waals surface area contributed by atoms with Crippen LogP contribution >= 0.6 is 11.8 Å². The molecule has 2 aromatic carbocycles. The van der Waals surface area contributed by atoms with Gasteiger partial charge in [-0.1, -0.05) is 6.07 Å². The highest BCUT2D eigenvalue weighted by molar-refractivity contribution is 8.18. The average molecular weight is 398 g/mol. The molecule has 7 nitrogen and oxygen atoms in total. The van der Waals surface area contributed by atoms with Crippen LogP contribution in [0.1, 0.15) is 21.5 Å². The molecule has 0 radical (unpaired) electrons. The van der Waals surface area contributed by atoms with Crippen LogP contribution in [0.25, 0.3) is 6.08 Å². The Labute approximate surface area is 166 Å². The van der Waals surface area contributed by atoms with Crippen LogP contribution < -0.4 is 14.8 Å². The van der Waals surface area contributed by atoms with Crippen molar-refractivity contribution >= 4 is 40.6 Å². The van der Waals surface area contributed by atoms with Gasteiger partial charge in [0.25, 0.3) is 5.91 Å². The number of aryl methyl sites for hydroxylation is 1. The Bertz CT molecular complexity index is 1010. The van der Waals surface area contributed by atoms with E-state index in [1.54, 1.807) is 44.6 Å². The molecule has 144 valence electrons. The lowest BCUT2D eigenvalue weighted by atomic mass is 10.1. The summed E-state index contributed by atoms with van der Waals surface area (Å²) in [5, 5.41) is 12.2. The number of benzene rings is 2. The number of nitrogens with one attached hydrogen (secondary N) is 1. The lowest BCUT2D eigenvalue weighted by molar-refractivity contribution is -0.115. The number of amides is 1. The summed E-state index contributed by atoms with van der Waals surface area (Å²) in [6.07, 6.45) is 1.70. The largest absolute Gasteiger partial charge is 0.497 e. The van der Waals surface area contributed by atoms with Crippen molar-refractivity contribution in [1.82, 2.24) is 5.32 Å². The first kappa shape index (κ1) is 19.5. The molecule has 8 heteroatoms. The molecule has 0 unspecified atom stereocenters. The Morgan fingerprint density at radius 3 is 2.64 bits per heavy atom. The monoisotopic (exact) mass is 398 g/mol. The number of methoxy groups -OCH3 is 2. The Morgan fingerprint density at radius 1 is 1.18 bits per heavy atom. The zero-order chi connectivity index (χ0) is 20.3. The van der Waals surface area contributed by atoms with Crippen LogP contribution in [0.4, 0.5) is 5.69 Å². The van der Waals surface area contributed by atoms with Crippen LogP contribution in [-0.4, -0.2) is 36.4 Å². The lowest BCUT2D eigenvalue weighted by Gasteiger charge is -2.07. The van der Waals surface area contributed by atoms with Gasteiger partial charge in [0.15, 0.2) is 5.17 Å². The Hall–Kier alpha value is -3.26. The number of amidine groups is 1. The molecular weight excluding hydrogens is 380 g/mol.